The van der Waals surface area contributed by atoms with Crippen LogP contribution in [0.3, 0.4) is 0 Å². The summed E-state index contributed by atoms with van der Waals surface area (Å²) >= 11 is 9.37. The van der Waals surface area contributed by atoms with Crippen molar-refractivity contribution in [3.63, 3.8) is 0 Å². The van der Waals surface area contributed by atoms with E-state index in [1.807, 2.05) is 11.0 Å². The molecule has 0 atom stereocenters. The van der Waals surface area contributed by atoms with Crippen molar-refractivity contribution in [3.05, 3.63) is 27.7 Å². The summed E-state index contributed by atoms with van der Waals surface area (Å²) in [5.74, 6) is 1.29. The maximum Gasteiger partial charge on any atom is 0.260 e. The summed E-state index contributed by atoms with van der Waals surface area (Å²) in [5, 5.41) is 0.509. The van der Waals surface area contributed by atoms with Gasteiger partial charge in [0, 0.05) is 17.6 Å². The van der Waals surface area contributed by atoms with Gasteiger partial charge in [0.15, 0.2) is 6.61 Å². The number of piperidine rings is 1. The summed E-state index contributed by atoms with van der Waals surface area (Å²) in [6, 6.07) is 5.36. The van der Waals surface area contributed by atoms with Gasteiger partial charge in [-0.2, -0.15) is 0 Å². The van der Waals surface area contributed by atoms with E-state index >= 15 is 0 Å². The molecule has 0 saturated carbocycles. The Morgan fingerprint density at radius 3 is 2.79 bits per heavy atom. The normalized spacial score (nSPS) is 16.5. The smallest absolute Gasteiger partial charge is 0.260 e. The Morgan fingerprint density at radius 2 is 2.16 bits per heavy atom. The molecule has 1 aromatic carbocycles. The summed E-state index contributed by atoms with van der Waals surface area (Å²) in [6.45, 7) is 3.94. The molecule has 1 fully saturated rings. The first-order chi connectivity index (χ1) is 9.06. The van der Waals surface area contributed by atoms with Gasteiger partial charge >= 0.3 is 0 Å². The Balaban J connectivity index is 1.86. The topological polar surface area (TPSA) is 29.5 Å². The van der Waals surface area contributed by atoms with E-state index in [4.69, 9.17) is 16.3 Å². The lowest BCUT2D eigenvalue weighted by Gasteiger charge is -2.30. The molecule has 1 amide bonds. The Bertz CT molecular complexity index is 459. The number of ether oxygens (including phenoxy) is 1. The van der Waals surface area contributed by atoms with Gasteiger partial charge in [0.2, 0.25) is 0 Å². The number of carbonyl (C=O) groups is 1. The molecule has 104 valence electrons. The summed E-state index contributed by atoms with van der Waals surface area (Å²) in [4.78, 5) is 13.9. The van der Waals surface area contributed by atoms with E-state index in [0.29, 0.717) is 16.7 Å². The Labute approximate surface area is 127 Å². The van der Waals surface area contributed by atoms with Crippen LogP contribution in [0, 0.1) is 5.92 Å². The summed E-state index contributed by atoms with van der Waals surface area (Å²) < 4.78 is 6.38. The van der Waals surface area contributed by atoms with Crippen LogP contribution in [0.15, 0.2) is 22.7 Å². The van der Waals surface area contributed by atoms with Crippen LogP contribution in [0.2, 0.25) is 5.02 Å². The fourth-order valence-corrected chi connectivity index (χ4v) is 2.81. The number of likely N-dealkylation sites (tertiary alicyclic amines) is 1. The predicted octanol–water partition coefficient (Wildman–Crippen LogP) is 3.74. The van der Waals surface area contributed by atoms with Crippen LogP contribution in [-0.2, 0) is 4.79 Å². The standard InChI is InChI=1S/C14H17BrClNO2/c1-10-4-6-17(7-5-10)14(18)9-19-13-3-2-11(15)8-12(13)16/h2-3,8,10H,4-7,9H2,1H3. The second kappa shape index (κ2) is 6.62. The molecule has 0 bridgehead atoms. The molecule has 0 unspecified atom stereocenters. The highest BCUT2D eigenvalue weighted by molar-refractivity contribution is 9.10. The molecule has 1 saturated heterocycles. The number of amides is 1. The number of carbonyl (C=O) groups excluding carboxylic acids is 1. The van der Waals surface area contributed by atoms with E-state index in [1.54, 1.807) is 12.1 Å². The number of benzene rings is 1. The minimum Gasteiger partial charge on any atom is -0.482 e. The molecule has 0 N–H and O–H groups in total. The molecule has 1 aliphatic heterocycles. The van der Waals surface area contributed by atoms with E-state index in [0.717, 1.165) is 30.4 Å². The van der Waals surface area contributed by atoms with E-state index in [-0.39, 0.29) is 12.5 Å². The third kappa shape index (κ3) is 4.11. The van der Waals surface area contributed by atoms with E-state index in [1.165, 1.54) is 0 Å². The highest BCUT2D eigenvalue weighted by Gasteiger charge is 2.20. The molecule has 3 nitrogen and oxygen atoms in total. The molecule has 0 aliphatic carbocycles. The molecule has 1 heterocycles. The lowest BCUT2D eigenvalue weighted by atomic mass is 9.99. The van der Waals surface area contributed by atoms with Crippen LogP contribution in [0.5, 0.6) is 5.75 Å². The molecule has 2 rings (SSSR count). The van der Waals surface area contributed by atoms with E-state index in [9.17, 15) is 4.79 Å². The Hall–Kier alpha value is -0.740. The van der Waals surface area contributed by atoms with Gasteiger partial charge in [0.1, 0.15) is 5.75 Å². The van der Waals surface area contributed by atoms with Crippen molar-refractivity contribution in [3.8, 4) is 5.75 Å². The highest BCUT2D eigenvalue weighted by atomic mass is 79.9. The van der Waals surface area contributed by atoms with Gasteiger partial charge in [-0.3, -0.25) is 4.79 Å². The maximum absolute atomic E-state index is 12.0. The monoisotopic (exact) mass is 345 g/mol. The van der Waals surface area contributed by atoms with E-state index < -0.39 is 0 Å². The number of halogens is 2. The summed E-state index contributed by atoms with van der Waals surface area (Å²) in [6.07, 6.45) is 2.15. The van der Waals surface area contributed by atoms with Crippen molar-refractivity contribution in [1.29, 1.82) is 0 Å². The van der Waals surface area contributed by atoms with Crippen LogP contribution >= 0.6 is 27.5 Å². The zero-order valence-corrected chi connectivity index (χ0v) is 13.2. The molecular formula is C14H17BrClNO2. The number of rotatable bonds is 3. The van der Waals surface area contributed by atoms with Crippen LogP contribution in [0.1, 0.15) is 19.8 Å². The van der Waals surface area contributed by atoms with Gasteiger partial charge < -0.3 is 9.64 Å². The number of hydrogen-bond acceptors (Lipinski definition) is 2. The van der Waals surface area contributed by atoms with Gasteiger partial charge in [-0.1, -0.05) is 34.5 Å². The summed E-state index contributed by atoms with van der Waals surface area (Å²) in [7, 11) is 0. The molecule has 1 aliphatic rings. The van der Waals surface area contributed by atoms with Gasteiger partial charge in [0.25, 0.3) is 5.91 Å². The molecule has 19 heavy (non-hydrogen) atoms. The zero-order chi connectivity index (χ0) is 13.8. The number of hydrogen-bond donors (Lipinski definition) is 0. The Kier molecular flexibility index (Phi) is 5.11. The highest BCUT2D eigenvalue weighted by Crippen LogP contribution is 2.27. The quantitative estimate of drug-likeness (QED) is 0.834. The third-order valence-electron chi connectivity index (χ3n) is 3.38. The van der Waals surface area contributed by atoms with Crippen LogP contribution in [-0.4, -0.2) is 30.5 Å². The van der Waals surface area contributed by atoms with Gasteiger partial charge in [-0.25, -0.2) is 0 Å². The van der Waals surface area contributed by atoms with Gasteiger partial charge in [-0.15, -0.1) is 0 Å². The van der Waals surface area contributed by atoms with Crippen LogP contribution in [0.4, 0.5) is 0 Å². The van der Waals surface area contributed by atoms with Crippen LogP contribution in [0.25, 0.3) is 0 Å². The first-order valence-corrected chi connectivity index (χ1v) is 7.59. The van der Waals surface area contributed by atoms with Crippen LogP contribution < -0.4 is 4.74 Å². The lowest BCUT2D eigenvalue weighted by molar-refractivity contribution is -0.134. The second-order valence-electron chi connectivity index (χ2n) is 4.93. The minimum atomic E-state index is 0.0332. The van der Waals surface area contributed by atoms with Gasteiger partial charge in [0.05, 0.1) is 5.02 Å². The first-order valence-electron chi connectivity index (χ1n) is 6.42. The average Bonchev–Trinajstić information content (AvgIpc) is 2.38. The molecule has 1 aromatic rings. The molecule has 0 aromatic heterocycles. The SMILES string of the molecule is CC1CCN(C(=O)COc2ccc(Br)cc2Cl)CC1. The third-order valence-corrected chi connectivity index (χ3v) is 4.17. The second-order valence-corrected chi connectivity index (χ2v) is 6.25. The minimum absolute atomic E-state index is 0.0332. The Morgan fingerprint density at radius 1 is 1.47 bits per heavy atom. The van der Waals surface area contributed by atoms with Crippen molar-refractivity contribution in [2.75, 3.05) is 19.7 Å². The fourth-order valence-electron chi connectivity index (χ4n) is 2.08. The fraction of sp³-hybridized carbons (Fsp3) is 0.500. The van der Waals surface area contributed by atoms with Crippen molar-refractivity contribution >= 4 is 33.4 Å². The van der Waals surface area contributed by atoms with Crippen molar-refractivity contribution < 1.29 is 9.53 Å². The van der Waals surface area contributed by atoms with Crippen molar-refractivity contribution in [2.24, 2.45) is 5.92 Å². The summed E-state index contributed by atoms with van der Waals surface area (Å²) in [5.41, 5.74) is 0. The largest absolute Gasteiger partial charge is 0.482 e. The lowest BCUT2D eigenvalue weighted by Crippen LogP contribution is -2.40. The van der Waals surface area contributed by atoms with Gasteiger partial charge in [-0.05, 0) is 37.0 Å². The average molecular weight is 347 g/mol. The predicted molar refractivity (Wildman–Crippen MR) is 79.6 cm³/mol. The molecule has 0 radical (unpaired) electrons. The number of nitrogens with zero attached hydrogens (tertiary/aromatic N) is 1. The maximum atomic E-state index is 12.0. The molecule has 0 spiro atoms. The van der Waals surface area contributed by atoms with E-state index in [2.05, 4.69) is 22.9 Å². The zero-order valence-electron chi connectivity index (χ0n) is 10.9. The molecular weight excluding hydrogens is 330 g/mol. The van der Waals surface area contributed by atoms with Crippen molar-refractivity contribution in [1.82, 2.24) is 4.90 Å². The van der Waals surface area contributed by atoms with Crippen molar-refractivity contribution in [2.45, 2.75) is 19.8 Å². The molecule has 5 heteroatoms. The first kappa shape index (κ1) is 14.7.